The maximum atomic E-state index is 13.2. The van der Waals surface area contributed by atoms with Gasteiger partial charge in [-0.15, -0.1) is 16.4 Å². The quantitative estimate of drug-likeness (QED) is 0.714. The lowest BCUT2D eigenvalue weighted by atomic mass is 10.0. The zero-order valence-corrected chi connectivity index (χ0v) is 15.3. The average molecular weight is 365 g/mol. The molecule has 7 heteroatoms. The number of rotatable bonds is 3. The van der Waals surface area contributed by atoms with Gasteiger partial charge in [-0.05, 0) is 83.3 Å². The molecule has 1 amide bonds. The molecule has 2 fully saturated rings. The second-order valence-corrected chi connectivity index (χ2v) is 8.21. The van der Waals surface area contributed by atoms with Crippen LogP contribution in [0.4, 0.5) is 0 Å². The minimum Gasteiger partial charge on any atom is -0.335 e. The van der Waals surface area contributed by atoms with Gasteiger partial charge in [0.1, 0.15) is 6.33 Å². The van der Waals surface area contributed by atoms with Gasteiger partial charge in [-0.2, -0.15) is 0 Å². The molecule has 0 unspecified atom stereocenters. The predicted octanol–water partition coefficient (Wildman–Crippen LogP) is 3.32. The second-order valence-electron chi connectivity index (χ2n) is 7.30. The standard InChI is InChI=1S/C19H19N5OS/c1-12-4-18(26-10-12)14-6-15(8-17(7-14)24-11-20-21-22-24)19(25)23-9-13-2-3-16(23)5-13/h4,6-8,10-11,13,16H,2-3,5,9H2,1H3/t13-,16-/m1/s1. The van der Waals surface area contributed by atoms with E-state index < -0.39 is 0 Å². The fourth-order valence-corrected chi connectivity index (χ4v) is 5.10. The number of piperidine rings is 1. The summed E-state index contributed by atoms with van der Waals surface area (Å²) in [6.45, 7) is 2.98. The molecular weight excluding hydrogens is 346 g/mol. The predicted molar refractivity (Wildman–Crippen MR) is 99.4 cm³/mol. The molecule has 132 valence electrons. The molecule has 2 aromatic heterocycles. The molecule has 2 atom stereocenters. The van der Waals surface area contributed by atoms with Gasteiger partial charge in [-0.1, -0.05) is 0 Å². The maximum Gasteiger partial charge on any atom is 0.254 e. The smallest absolute Gasteiger partial charge is 0.254 e. The Morgan fingerprint density at radius 1 is 1.23 bits per heavy atom. The lowest BCUT2D eigenvalue weighted by Crippen LogP contribution is -2.37. The Kier molecular flexibility index (Phi) is 3.63. The summed E-state index contributed by atoms with van der Waals surface area (Å²) in [6, 6.07) is 8.50. The number of hydrogen-bond acceptors (Lipinski definition) is 5. The van der Waals surface area contributed by atoms with Crippen molar-refractivity contribution in [3.63, 3.8) is 0 Å². The topological polar surface area (TPSA) is 63.9 Å². The molecule has 1 saturated heterocycles. The third-order valence-corrected chi connectivity index (χ3v) is 6.56. The molecule has 1 aliphatic carbocycles. The van der Waals surface area contributed by atoms with Crippen LogP contribution in [0.25, 0.3) is 16.1 Å². The highest BCUT2D eigenvalue weighted by Gasteiger charge is 2.40. The zero-order chi connectivity index (χ0) is 17.7. The zero-order valence-electron chi connectivity index (χ0n) is 14.5. The van der Waals surface area contributed by atoms with Crippen LogP contribution in [0.2, 0.25) is 0 Å². The van der Waals surface area contributed by atoms with Gasteiger partial charge in [-0.25, -0.2) is 4.68 Å². The van der Waals surface area contributed by atoms with Crippen LogP contribution in [0.5, 0.6) is 0 Å². The van der Waals surface area contributed by atoms with Crippen LogP contribution in [0.1, 0.15) is 35.2 Å². The van der Waals surface area contributed by atoms with E-state index >= 15 is 0 Å². The van der Waals surface area contributed by atoms with E-state index in [2.05, 4.69) is 38.8 Å². The first-order valence-electron chi connectivity index (χ1n) is 8.92. The van der Waals surface area contributed by atoms with Crippen LogP contribution in [-0.2, 0) is 0 Å². The molecule has 1 aliphatic heterocycles. The number of nitrogens with zero attached hydrogens (tertiary/aromatic N) is 5. The number of amides is 1. The van der Waals surface area contributed by atoms with Gasteiger partial charge in [0.15, 0.2) is 0 Å². The fraction of sp³-hybridized carbons (Fsp3) is 0.368. The van der Waals surface area contributed by atoms with E-state index in [4.69, 9.17) is 0 Å². The van der Waals surface area contributed by atoms with Gasteiger partial charge in [0.05, 0.1) is 5.69 Å². The Labute approximate surface area is 155 Å². The molecule has 5 rings (SSSR count). The van der Waals surface area contributed by atoms with Gasteiger partial charge >= 0.3 is 0 Å². The molecule has 1 aromatic carbocycles. The summed E-state index contributed by atoms with van der Waals surface area (Å²) < 4.78 is 1.61. The molecule has 2 aliphatic rings. The van der Waals surface area contributed by atoms with Crippen molar-refractivity contribution in [2.24, 2.45) is 5.92 Å². The highest BCUT2D eigenvalue weighted by atomic mass is 32.1. The number of carbonyl (C=O) groups excluding carboxylic acids is 1. The van der Waals surface area contributed by atoms with E-state index in [1.54, 1.807) is 22.3 Å². The summed E-state index contributed by atoms with van der Waals surface area (Å²) in [5.74, 6) is 0.813. The summed E-state index contributed by atoms with van der Waals surface area (Å²) in [5.41, 5.74) is 3.78. The van der Waals surface area contributed by atoms with Crippen molar-refractivity contribution >= 4 is 17.2 Å². The fourth-order valence-electron chi connectivity index (χ4n) is 4.21. The van der Waals surface area contributed by atoms with Crippen molar-refractivity contribution in [2.75, 3.05) is 6.54 Å². The van der Waals surface area contributed by atoms with Gasteiger partial charge < -0.3 is 4.90 Å². The number of likely N-dealkylation sites (tertiary alicyclic amines) is 1. The average Bonchev–Trinajstić information content (AvgIpc) is 3.44. The summed E-state index contributed by atoms with van der Waals surface area (Å²) in [5, 5.41) is 13.6. The molecule has 0 radical (unpaired) electrons. The summed E-state index contributed by atoms with van der Waals surface area (Å²) in [6.07, 6.45) is 5.12. The lowest BCUT2D eigenvalue weighted by molar-refractivity contribution is 0.0703. The van der Waals surface area contributed by atoms with Crippen molar-refractivity contribution in [1.82, 2.24) is 25.1 Å². The first-order valence-corrected chi connectivity index (χ1v) is 9.80. The Balaban J connectivity index is 1.58. The SMILES string of the molecule is Cc1csc(-c2cc(C(=O)N3C[C@@H]4CC[C@@H]3C4)cc(-n3cnnn3)c2)c1. The molecule has 6 nitrogen and oxygen atoms in total. The number of fused-ring (bicyclic) bond motifs is 2. The summed E-state index contributed by atoms with van der Waals surface area (Å²) in [4.78, 5) is 16.4. The third-order valence-electron chi connectivity index (χ3n) is 5.46. The Hall–Kier alpha value is -2.54. The molecule has 1 saturated carbocycles. The highest BCUT2D eigenvalue weighted by molar-refractivity contribution is 7.13. The van der Waals surface area contributed by atoms with Gasteiger partial charge in [-0.3, -0.25) is 4.79 Å². The van der Waals surface area contributed by atoms with Crippen molar-refractivity contribution in [2.45, 2.75) is 32.2 Å². The number of aromatic nitrogens is 4. The molecular formula is C19H19N5OS. The van der Waals surface area contributed by atoms with Gasteiger partial charge in [0, 0.05) is 23.0 Å². The van der Waals surface area contributed by atoms with E-state index in [1.807, 2.05) is 18.2 Å². The van der Waals surface area contributed by atoms with Crippen LogP contribution in [0.15, 0.2) is 36.0 Å². The molecule has 0 spiro atoms. The van der Waals surface area contributed by atoms with Crippen LogP contribution in [0, 0.1) is 12.8 Å². The number of carbonyl (C=O) groups is 1. The number of hydrogen-bond donors (Lipinski definition) is 0. The van der Waals surface area contributed by atoms with Gasteiger partial charge in [0.25, 0.3) is 5.91 Å². The summed E-state index contributed by atoms with van der Waals surface area (Å²) >= 11 is 1.69. The first kappa shape index (κ1) is 15.7. The Bertz CT molecular complexity index is 964. The van der Waals surface area contributed by atoms with Crippen molar-refractivity contribution in [3.8, 4) is 16.1 Å². The van der Waals surface area contributed by atoms with Crippen molar-refractivity contribution in [3.05, 3.63) is 47.1 Å². The number of benzene rings is 1. The Morgan fingerprint density at radius 3 is 2.81 bits per heavy atom. The van der Waals surface area contributed by atoms with E-state index in [9.17, 15) is 4.79 Å². The summed E-state index contributed by atoms with van der Waals surface area (Å²) in [7, 11) is 0. The van der Waals surface area contributed by atoms with E-state index in [0.29, 0.717) is 17.5 Å². The lowest BCUT2D eigenvalue weighted by Gasteiger charge is -2.27. The Morgan fingerprint density at radius 2 is 2.15 bits per heavy atom. The minimum atomic E-state index is 0.127. The molecule has 3 heterocycles. The maximum absolute atomic E-state index is 13.2. The van der Waals surface area contributed by atoms with Crippen LogP contribution in [-0.4, -0.2) is 43.6 Å². The third kappa shape index (κ3) is 2.63. The van der Waals surface area contributed by atoms with Crippen molar-refractivity contribution in [1.29, 1.82) is 0 Å². The van der Waals surface area contributed by atoms with Crippen LogP contribution < -0.4 is 0 Å². The largest absolute Gasteiger partial charge is 0.335 e. The highest BCUT2D eigenvalue weighted by Crippen LogP contribution is 2.38. The molecule has 0 N–H and O–H groups in total. The number of thiophene rings is 1. The van der Waals surface area contributed by atoms with E-state index in [-0.39, 0.29) is 5.91 Å². The monoisotopic (exact) mass is 365 g/mol. The second kappa shape index (κ2) is 6.02. The number of aryl methyl sites for hydroxylation is 1. The first-order chi connectivity index (χ1) is 12.7. The molecule has 3 aromatic rings. The number of tetrazole rings is 1. The minimum absolute atomic E-state index is 0.127. The normalized spacial score (nSPS) is 21.5. The molecule has 26 heavy (non-hydrogen) atoms. The molecule has 2 bridgehead atoms. The van der Waals surface area contributed by atoms with Crippen LogP contribution in [0.3, 0.4) is 0 Å². The van der Waals surface area contributed by atoms with Crippen LogP contribution >= 0.6 is 11.3 Å². The van der Waals surface area contributed by atoms with Crippen molar-refractivity contribution < 1.29 is 4.79 Å². The van der Waals surface area contributed by atoms with E-state index in [0.717, 1.165) is 35.5 Å². The van der Waals surface area contributed by atoms with Gasteiger partial charge in [0.2, 0.25) is 0 Å². The van der Waals surface area contributed by atoms with E-state index in [1.165, 1.54) is 12.0 Å².